The van der Waals surface area contributed by atoms with Crippen LogP contribution in [0.4, 0.5) is 0 Å². The second-order valence-corrected chi connectivity index (χ2v) is 11.2. The second-order valence-electron chi connectivity index (χ2n) is 11.2. The Balaban J connectivity index is 1.36. The highest BCUT2D eigenvalue weighted by atomic mass is 15.0. The fourth-order valence-corrected chi connectivity index (χ4v) is 6.14. The van der Waals surface area contributed by atoms with E-state index in [-0.39, 0.29) is 27.5 Å². The Kier molecular flexibility index (Phi) is 3.15. The van der Waals surface area contributed by atoms with Crippen molar-refractivity contribution in [3.05, 3.63) is 194 Å². The third-order valence-corrected chi connectivity index (χ3v) is 8.38. The van der Waals surface area contributed by atoms with Gasteiger partial charge in [0.1, 0.15) is 0 Å². The lowest BCUT2D eigenvalue weighted by Crippen LogP contribution is -1.94. The molecule has 2 aromatic heterocycles. The van der Waals surface area contributed by atoms with Crippen LogP contribution in [0.2, 0.25) is 0 Å². The van der Waals surface area contributed by atoms with Crippen molar-refractivity contribution >= 4 is 43.6 Å². The number of hydrogen-bond donors (Lipinski definition) is 0. The molecule has 0 saturated carbocycles. The second kappa shape index (κ2) is 11.5. The Morgan fingerprint density at radius 2 is 0.800 bits per heavy atom. The SMILES string of the molecule is [2H]c1c([2H])c([2H])c(-c2c([2H])c([2H])c([2H])c(-n3c4c([2H])c([2H])c([2H])c([2H])c4c4c([2H])c(-c5c([2H])c([2H])c6c(c5[2H])c5c([2H])c([2H])c([2H])c([2H])c5n6-c5ccc(-c6ccccc6)cc5)c([2H])c([2H])c43)c2[2H])c([2H])c1[2H]. The highest BCUT2D eigenvalue weighted by Gasteiger charge is 2.16. The van der Waals surface area contributed by atoms with Crippen LogP contribution in [0.5, 0.6) is 0 Å². The molecule has 10 aromatic rings. The number of rotatable bonds is 5. The summed E-state index contributed by atoms with van der Waals surface area (Å²) in [7, 11) is 0. The van der Waals surface area contributed by atoms with Gasteiger partial charge in [0, 0.05) is 32.9 Å². The maximum atomic E-state index is 9.86. The smallest absolute Gasteiger partial charge is 0.0651 e. The predicted molar refractivity (Wildman–Crippen MR) is 211 cm³/mol. The van der Waals surface area contributed by atoms with Crippen LogP contribution in [0, 0.1) is 0 Å². The first-order valence-electron chi connectivity index (χ1n) is 26.8. The van der Waals surface area contributed by atoms with Crippen molar-refractivity contribution in [1.82, 2.24) is 9.13 Å². The zero-order chi connectivity index (χ0) is 53.0. The van der Waals surface area contributed by atoms with E-state index in [2.05, 4.69) is 0 Å². The molecular formula is C48H32N2. The molecule has 2 heterocycles. The maximum absolute atomic E-state index is 9.86. The minimum Gasteiger partial charge on any atom is -0.309 e. The molecule has 0 radical (unpaired) electrons. The van der Waals surface area contributed by atoms with Gasteiger partial charge in [0.05, 0.1) is 53.6 Å². The summed E-state index contributed by atoms with van der Waals surface area (Å²) < 4.78 is 210. The molecule has 2 heteroatoms. The van der Waals surface area contributed by atoms with Gasteiger partial charge in [-0.05, 0) is 93.9 Å². The van der Waals surface area contributed by atoms with Crippen molar-refractivity contribution in [2.75, 3.05) is 0 Å². The zero-order valence-electron chi connectivity index (χ0n) is 48.6. The van der Waals surface area contributed by atoms with Gasteiger partial charge >= 0.3 is 0 Å². The fourth-order valence-electron chi connectivity index (χ4n) is 6.14. The summed E-state index contributed by atoms with van der Waals surface area (Å²) in [4.78, 5) is 0. The van der Waals surface area contributed by atoms with Crippen LogP contribution in [0.3, 0.4) is 0 Å². The van der Waals surface area contributed by atoms with Gasteiger partial charge in [-0.2, -0.15) is 0 Å². The molecule has 0 atom stereocenters. The van der Waals surface area contributed by atoms with Crippen molar-refractivity contribution < 1.29 is 31.5 Å². The van der Waals surface area contributed by atoms with Crippen molar-refractivity contribution in [2.24, 2.45) is 0 Å². The number of nitrogens with zero attached hydrogens (tertiary/aromatic N) is 2. The van der Waals surface area contributed by atoms with Gasteiger partial charge in [-0.1, -0.05) is 133 Å². The minimum absolute atomic E-state index is 0.159. The molecular weight excluding hydrogens is 605 g/mol. The monoisotopic (exact) mass is 659 g/mol. The minimum atomic E-state index is -0.970. The normalized spacial score (nSPS) is 18.0. The molecule has 50 heavy (non-hydrogen) atoms. The highest BCUT2D eigenvalue weighted by molar-refractivity contribution is 6.12. The topological polar surface area (TPSA) is 9.86 Å². The molecule has 0 amide bonds. The van der Waals surface area contributed by atoms with Crippen molar-refractivity contribution in [3.8, 4) is 44.8 Å². The maximum Gasteiger partial charge on any atom is 0.0651 e. The Hall–Kier alpha value is -6.64. The average molecular weight is 660 g/mol. The third kappa shape index (κ3) is 4.57. The average Bonchev–Trinajstić information content (AvgIpc) is 3.93. The van der Waals surface area contributed by atoms with Crippen molar-refractivity contribution in [2.45, 2.75) is 0 Å². The van der Waals surface area contributed by atoms with Crippen LogP contribution in [0.1, 0.15) is 31.5 Å². The van der Waals surface area contributed by atoms with E-state index in [1.165, 1.54) is 4.57 Å². The van der Waals surface area contributed by atoms with E-state index in [1.807, 2.05) is 30.3 Å². The highest BCUT2D eigenvalue weighted by Crippen LogP contribution is 2.39. The fraction of sp³-hybridized carbons (Fsp3) is 0. The molecule has 0 bridgehead atoms. The van der Waals surface area contributed by atoms with E-state index < -0.39 is 189 Å². The predicted octanol–water partition coefficient (Wildman–Crippen LogP) is 12.9. The van der Waals surface area contributed by atoms with Gasteiger partial charge in [-0.3, -0.25) is 0 Å². The lowest BCUT2D eigenvalue weighted by Gasteiger charge is -2.11. The summed E-state index contributed by atoms with van der Waals surface area (Å²) in [6.45, 7) is 0. The number of benzene rings is 8. The Morgan fingerprint density at radius 1 is 0.300 bits per heavy atom. The molecule has 0 aliphatic heterocycles. The van der Waals surface area contributed by atoms with E-state index in [0.29, 0.717) is 0 Å². The summed E-state index contributed by atoms with van der Waals surface area (Å²) in [6, 6.07) is -2.75. The first-order valence-corrected chi connectivity index (χ1v) is 15.3. The molecule has 0 aliphatic rings. The molecule has 0 N–H and O–H groups in total. The first kappa shape index (κ1) is 13.7. The van der Waals surface area contributed by atoms with Gasteiger partial charge in [-0.15, -0.1) is 0 Å². The van der Waals surface area contributed by atoms with Crippen LogP contribution >= 0.6 is 0 Å². The van der Waals surface area contributed by atoms with Gasteiger partial charge in [0.2, 0.25) is 0 Å². The van der Waals surface area contributed by atoms with Crippen LogP contribution in [0.15, 0.2) is 194 Å². The van der Waals surface area contributed by atoms with Crippen LogP contribution in [0.25, 0.3) is 88.4 Å². The standard InChI is InChI=1S/C48H32N2/c1-3-12-33(13-4-1)35-22-26-39(27-23-35)49-45-20-9-7-18-41(45)43-31-37(24-28-47(43)49)38-25-29-48-44(32-38)42-19-8-10-21-46(42)50(48)40-17-11-16-36(30-40)34-14-5-2-6-15-34/h1-32H/i2D,5D,6D,7D,8D,9D,10D,11D,14D,15D,16D,17D,18D,19D,20D,21D,24D,25D,28D,29D,30D,31D,32D. The molecule has 8 aromatic carbocycles. The molecule has 0 aliphatic carbocycles. The van der Waals surface area contributed by atoms with Crippen LogP contribution in [-0.2, 0) is 0 Å². The zero-order valence-corrected chi connectivity index (χ0v) is 25.6. The van der Waals surface area contributed by atoms with Gasteiger partial charge in [0.15, 0.2) is 0 Å². The first-order chi connectivity index (χ1) is 34.4. The molecule has 2 nitrogen and oxygen atoms in total. The van der Waals surface area contributed by atoms with E-state index >= 15 is 0 Å². The van der Waals surface area contributed by atoms with Gasteiger partial charge in [-0.25, -0.2) is 0 Å². The Labute approximate surface area is 323 Å². The van der Waals surface area contributed by atoms with Gasteiger partial charge < -0.3 is 9.13 Å². The molecule has 0 fully saturated rings. The van der Waals surface area contributed by atoms with E-state index in [1.54, 1.807) is 24.3 Å². The van der Waals surface area contributed by atoms with E-state index in [4.69, 9.17) is 21.9 Å². The van der Waals surface area contributed by atoms with Crippen molar-refractivity contribution in [1.29, 1.82) is 0 Å². The summed E-state index contributed by atoms with van der Waals surface area (Å²) in [5.41, 5.74) is -3.21. The largest absolute Gasteiger partial charge is 0.309 e. The molecule has 0 spiro atoms. The van der Waals surface area contributed by atoms with Crippen LogP contribution in [-0.4, -0.2) is 9.13 Å². The van der Waals surface area contributed by atoms with Crippen LogP contribution < -0.4 is 0 Å². The lowest BCUT2D eigenvalue weighted by atomic mass is 10.0. The molecule has 234 valence electrons. The number of hydrogen-bond acceptors (Lipinski definition) is 0. The van der Waals surface area contributed by atoms with E-state index in [9.17, 15) is 9.60 Å². The molecule has 0 saturated heterocycles. The van der Waals surface area contributed by atoms with Gasteiger partial charge in [0.25, 0.3) is 0 Å². The van der Waals surface area contributed by atoms with Crippen molar-refractivity contribution in [3.63, 3.8) is 0 Å². The quantitative estimate of drug-likeness (QED) is 0.174. The summed E-state index contributed by atoms with van der Waals surface area (Å²) in [5.74, 6) is 0. The number of fused-ring (bicyclic) bond motifs is 6. The summed E-state index contributed by atoms with van der Waals surface area (Å²) >= 11 is 0. The summed E-state index contributed by atoms with van der Waals surface area (Å²) in [6.07, 6.45) is 0. The number of aromatic nitrogens is 2. The number of para-hydroxylation sites is 2. The third-order valence-electron chi connectivity index (χ3n) is 8.38. The lowest BCUT2D eigenvalue weighted by molar-refractivity contribution is 1.18. The molecule has 10 rings (SSSR count). The summed E-state index contributed by atoms with van der Waals surface area (Å²) in [5, 5.41) is -1.60. The van der Waals surface area contributed by atoms with E-state index in [0.717, 1.165) is 15.7 Å². The Bertz CT molecular complexity index is 4130. The molecule has 0 unspecified atom stereocenters. The Morgan fingerprint density at radius 3 is 1.44 bits per heavy atom.